The molecule has 2 amide bonds. The Morgan fingerprint density at radius 1 is 1.04 bits per heavy atom. The maximum atomic E-state index is 12.4. The summed E-state index contributed by atoms with van der Waals surface area (Å²) in [6.45, 7) is 2.51. The van der Waals surface area contributed by atoms with E-state index in [-0.39, 0.29) is 24.8 Å². The van der Waals surface area contributed by atoms with E-state index < -0.39 is 5.97 Å². The zero-order valence-electron chi connectivity index (χ0n) is 13.5. The summed E-state index contributed by atoms with van der Waals surface area (Å²) in [7, 11) is 0. The van der Waals surface area contributed by atoms with Crippen molar-refractivity contribution in [2.24, 2.45) is 0 Å². The van der Waals surface area contributed by atoms with Crippen LogP contribution in [-0.2, 0) is 20.9 Å². The molecule has 2 saturated heterocycles. The van der Waals surface area contributed by atoms with Crippen LogP contribution in [0.1, 0.15) is 12.0 Å². The molecule has 2 fully saturated rings. The van der Waals surface area contributed by atoms with Crippen molar-refractivity contribution in [3.05, 3.63) is 35.9 Å². The number of hydrogen-bond acceptors (Lipinski definition) is 4. The van der Waals surface area contributed by atoms with Gasteiger partial charge in [0.2, 0.25) is 0 Å². The summed E-state index contributed by atoms with van der Waals surface area (Å²) in [5.41, 5.74) is 1.13. The molecule has 2 aliphatic heterocycles. The molecule has 0 aliphatic carbocycles. The first kappa shape index (κ1) is 16.7. The second-order valence-electron chi connectivity index (χ2n) is 6.17. The van der Waals surface area contributed by atoms with Crippen molar-refractivity contribution in [3.63, 3.8) is 0 Å². The van der Waals surface area contributed by atoms with E-state index in [9.17, 15) is 9.59 Å². The van der Waals surface area contributed by atoms with Crippen molar-refractivity contribution in [2.75, 3.05) is 32.8 Å². The fourth-order valence-electron chi connectivity index (χ4n) is 2.92. The third-order valence-corrected chi connectivity index (χ3v) is 4.31. The molecule has 1 aromatic rings. The van der Waals surface area contributed by atoms with Gasteiger partial charge in [0.25, 0.3) is 0 Å². The third kappa shape index (κ3) is 4.24. The van der Waals surface area contributed by atoms with Gasteiger partial charge in [-0.05, 0) is 12.0 Å². The molecule has 0 saturated carbocycles. The Bertz CT molecular complexity index is 574. The SMILES string of the molecule is O=C(O)CO[C@H]1CCN(C(=O)N2CC(OCc3ccccc3)C2)C1. The Balaban J connectivity index is 1.35. The van der Waals surface area contributed by atoms with Gasteiger partial charge in [-0.3, -0.25) is 0 Å². The van der Waals surface area contributed by atoms with Crippen molar-refractivity contribution in [1.29, 1.82) is 0 Å². The van der Waals surface area contributed by atoms with E-state index in [1.807, 2.05) is 30.3 Å². The number of aliphatic carboxylic acids is 1. The smallest absolute Gasteiger partial charge is 0.329 e. The minimum absolute atomic E-state index is 0.0176. The normalized spacial score (nSPS) is 20.9. The van der Waals surface area contributed by atoms with Crippen LogP contribution < -0.4 is 0 Å². The highest BCUT2D eigenvalue weighted by Crippen LogP contribution is 2.20. The van der Waals surface area contributed by atoms with E-state index in [1.54, 1.807) is 9.80 Å². The summed E-state index contributed by atoms with van der Waals surface area (Å²) >= 11 is 0. The predicted octanol–water partition coefficient (Wildman–Crippen LogP) is 1.18. The summed E-state index contributed by atoms with van der Waals surface area (Å²) in [5, 5.41) is 8.62. The third-order valence-electron chi connectivity index (χ3n) is 4.31. The molecular weight excluding hydrogens is 312 g/mol. The van der Waals surface area contributed by atoms with E-state index in [0.717, 1.165) is 5.56 Å². The van der Waals surface area contributed by atoms with Gasteiger partial charge < -0.3 is 24.4 Å². The molecule has 1 atom stereocenters. The van der Waals surface area contributed by atoms with Crippen LogP contribution in [0.3, 0.4) is 0 Å². The Morgan fingerprint density at radius 2 is 1.75 bits per heavy atom. The Morgan fingerprint density at radius 3 is 2.46 bits per heavy atom. The van der Waals surface area contributed by atoms with Crippen LogP contribution in [0.15, 0.2) is 30.3 Å². The van der Waals surface area contributed by atoms with Gasteiger partial charge >= 0.3 is 12.0 Å². The van der Waals surface area contributed by atoms with Gasteiger partial charge in [0, 0.05) is 13.1 Å². The molecule has 0 spiro atoms. The second kappa shape index (κ2) is 7.63. The number of rotatable bonds is 6. The van der Waals surface area contributed by atoms with Crippen molar-refractivity contribution in [2.45, 2.75) is 25.2 Å². The van der Waals surface area contributed by atoms with Crippen LogP contribution in [0.2, 0.25) is 0 Å². The van der Waals surface area contributed by atoms with Crippen molar-refractivity contribution in [1.82, 2.24) is 9.80 Å². The van der Waals surface area contributed by atoms with Gasteiger partial charge in [-0.15, -0.1) is 0 Å². The van der Waals surface area contributed by atoms with Crippen LogP contribution in [0.25, 0.3) is 0 Å². The van der Waals surface area contributed by atoms with E-state index >= 15 is 0 Å². The molecule has 130 valence electrons. The quantitative estimate of drug-likeness (QED) is 0.845. The molecule has 1 aromatic carbocycles. The lowest BCUT2D eigenvalue weighted by atomic mass is 10.1. The number of carboxylic acid groups (broad SMARTS) is 1. The average Bonchev–Trinajstić information content (AvgIpc) is 3.01. The van der Waals surface area contributed by atoms with Crippen LogP contribution in [0.4, 0.5) is 4.79 Å². The topological polar surface area (TPSA) is 79.3 Å². The summed E-state index contributed by atoms with van der Waals surface area (Å²) in [6.07, 6.45) is 0.577. The molecule has 3 rings (SSSR count). The molecule has 7 nitrogen and oxygen atoms in total. The predicted molar refractivity (Wildman–Crippen MR) is 85.6 cm³/mol. The van der Waals surface area contributed by atoms with Crippen molar-refractivity contribution >= 4 is 12.0 Å². The standard InChI is InChI=1S/C17H22N2O5/c20-16(21)12-24-14-6-7-18(8-14)17(22)19-9-15(10-19)23-11-13-4-2-1-3-5-13/h1-5,14-15H,6-12H2,(H,20,21)/t14-/m0/s1. The van der Waals surface area contributed by atoms with Crippen molar-refractivity contribution < 1.29 is 24.2 Å². The first-order valence-electron chi connectivity index (χ1n) is 8.14. The van der Waals surface area contributed by atoms with Crippen LogP contribution in [0.5, 0.6) is 0 Å². The summed E-state index contributed by atoms with van der Waals surface area (Å²) in [4.78, 5) is 26.3. The fourth-order valence-corrected chi connectivity index (χ4v) is 2.92. The monoisotopic (exact) mass is 334 g/mol. The van der Waals surface area contributed by atoms with E-state index in [2.05, 4.69) is 0 Å². The Kier molecular flexibility index (Phi) is 5.32. The number of carboxylic acids is 1. The highest BCUT2D eigenvalue weighted by molar-refractivity contribution is 5.75. The first-order chi connectivity index (χ1) is 11.6. The number of urea groups is 1. The van der Waals surface area contributed by atoms with E-state index in [4.69, 9.17) is 14.6 Å². The molecule has 0 radical (unpaired) electrons. The number of carbonyl (C=O) groups excluding carboxylic acids is 1. The Labute approximate surface area is 140 Å². The minimum atomic E-state index is -0.985. The second-order valence-corrected chi connectivity index (χ2v) is 6.17. The van der Waals surface area contributed by atoms with Crippen LogP contribution in [0, 0.1) is 0 Å². The molecule has 24 heavy (non-hydrogen) atoms. The van der Waals surface area contributed by atoms with Gasteiger partial charge in [0.1, 0.15) is 6.61 Å². The largest absolute Gasteiger partial charge is 0.480 e. The number of amides is 2. The molecule has 1 N–H and O–H groups in total. The molecule has 0 unspecified atom stereocenters. The van der Waals surface area contributed by atoms with E-state index in [0.29, 0.717) is 39.2 Å². The number of ether oxygens (including phenoxy) is 2. The first-order valence-corrected chi connectivity index (χ1v) is 8.14. The molecule has 2 aliphatic rings. The lowest BCUT2D eigenvalue weighted by Gasteiger charge is -2.40. The summed E-state index contributed by atoms with van der Waals surface area (Å²) in [6, 6.07) is 9.94. The highest BCUT2D eigenvalue weighted by Gasteiger charge is 2.36. The number of carbonyl (C=O) groups is 2. The lowest BCUT2D eigenvalue weighted by Crippen LogP contribution is -2.58. The number of hydrogen-bond donors (Lipinski definition) is 1. The van der Waals surface area contributed by atoms with Crippen LogP contribution in [-0.4, -0.2) is 71.9 Å². The highest BCUT2D eigenvalue weighted by atomic mass is 16.5. The number of nitrogens with zero attached hydrogens (tertiary/aromatic N) is 2. The number of likely N-dealkylation sites (tertiary alicyclic amines) is 2. The summed E-state index contributed by atoms with van der Waals surface area (Å²) in [5.74, 6) is -0.985. The van der Waals surface area contributed by atoms with Gasteiger partial charge in [0.15, 0.2) is 0 Å². The summed E-state index contributed by atoms with van der Waals surface area (Å²) < 4.78 is 11.0. The van der Waals surface area contributed by atoms with Crippen molar-refractivity contribution in [3.8, 4) is 0 Å². The van der Waals surface area contributed by atoms with Gasteiger partial charge in [-0.2, -0.15) is 0 Å². The lowest BCUT2D eigenvalue weighted by molar-refractivity contribution is -0.144. The molecule has 0 aromatic heterocycles. The van der Waals surface area contributed by atoms with Gasteiger partial charge in [0.05, 0.1) is 31.9 Å². The molecule has 2 heterocycles. The van der Waals surface area contributed by atoms with Crippen LogP contribution >= 0.6 is 0 Å². The van der Waals surface area contributed by atoms with E-state index in [1.165, 1.54) is 0 Å². The maximum Gasteiger partial charge on any atom is 0.329 e. The Hall–Kier alpha value is -2.12. The average molecular weight is 334 g/mol. The molecular formula is C17H22N2O5. The maximum absolute atomic E-state index is 12.4. The zero-order valence-corrected chi connectivity index (χ0v) is 13.5. The molecule has 7 heteroatoms. The fraction of sp³-hybridized carbons (Fsp3) is 0.529. The number of benzene rings is 1. The zero-order chi connectivity index (χ0) is 16.9. The molecule has 0 bridgehead atoms. The van der Waals surface area contributed by atoms with Gasteiger partial charge in [-0.25, -0.2) is 9.59 Å². The van der Waals surface area contributed by atoms with Gasteiger partial charge in [-0.1, -0.05) is 30.3 Å². The minimum Gasteiger partial charge on any atom is -0.480 e.